The summed E-state index contributed by atoms with van der Waals surface area (Å²) >= 11 is 0. The predicted octanol–water partition coefficient (Wildman–Crippen LogP) is 0.912. The van der Waals surface area contributed by atoms with Crippen molar-refractivity contribution in [2.24, 2.45) is 5.92 Å². The molecule has 1 saturated heterocycles. The molecule has 1 aromatic heterocycles. The van der Waals surface area contributed by atoms with E-state index in [2.05, 4.69) is 15.5 Å². The van der Waals surface area contributed by atoms with Crippen LogP contribution in [0.1, 0.15) is 30.3 Å². The van der Waals surface area contributed by atoms with E-state index in [-0.39, 0.29) is 30.7 Å². The Morgan fingerprint density at radius 3 is 3.00 bits per heavy atom. The van der Waals surface area contributed by atoms with Crippen LogP contribution in [0.15, 0.2) is 24.3 Å². The van der Waals surface area contributed by atoms with Crippen molar-refractivity contribution in [2.75, 3.05) is 19.6 Å². The molecule has 2 aromatic rings. The van der Waals surface area contributed by atoms with Gasteiger partial charge in [0, 0.05) is 31.4 Å². The van der Waals surface area contributed by atoms with Gasteiger partial charge in [0.2, 0.25) is 5.91 Å². The summed E-state index contributed by atoms with van der Waals surface area (Å²) in [7, 11) is 0. The molecular formula is C17H22N4O3. The minimum absolute atomic E-state index is 0.0480. The number of hydrogen-bond donors (Lipinski definition) is 3. The summed E-state index contributed by atoms with van der Waals surface area (Å²) in [5, 5.41) is 20.2. The Morgan fingerprint density at radius 1 is 1.42 bits per heavy atom. The zero-order valence-electron chi connectivity index (χ0n) is 13.7. The van der Waals surface area contributed by atoms with Crippen LogP contribution in [0, 0.1) is 5.92 Å². The molecule has 24 heavy (non-hydrogen) atoms. The lowest BCUT2D eigenvalue weighted by Gasteiger charge is -2.34. The molecule has 0 aliphatic carbocycles. The van der Waals surface area contributed by atoms with Gasteiger partial charge < -0.3 is 15.3 Å². The number of β-amino-alcohol motifs (C(OH)–C–C–N with tert-alkyl or cyclic N) is 1. The number of likely N-dealkylation sites (tertiary alicyclic amines) is 1. The molecule has 1 aliphatic heterocycles. The number of aliphatic hydroxyl groups is 1. The van der Waals surface area contributed by atoms with Crippen molar-refractivity contribution in [3.8, 4) is 0 Å². The third-order valence-electron chi connectivity index (χ3n) is 4.58. The molecule has 3 N–H and O–H groups in total. The van der Waals surface area contributed by atoms with Crippen molar-refractivity contribution < 1.29 is 14.7 Å². The van der Waals surface area contributed by atoms with Gasteiger partial charge in [-0.25, -0.2) is 0 Å². The Hall–Kier alpha value is -2.41. The molecule has 0 radical (unpaired) electrons. The molecule has 2 heterocycles. The Kier molecular flexibility index (Phi) is 4.80. The van der Waals surface area contributed by atoms with E-state index in [4.69, 9.17) is 0 Å². The number of benzene rings is 1. The maximum Gasteiger partial charge on any atom is 0.272 e. The van der Waals surface area contributed by atoms with Crippen LogP contribution < -0.4 is 5.32 Å². The lowest BCUT2D eigenvalue weighted by Crippen LogP contribution is -2.46. The van der Waals surface area contributed by atoms with Gasteiger partial charge in [-0.15, -0.1) is 0 Å². The highest BCUT2D eigenvalue weighted by Gasteiger charge is 2.27. The number of aromatic nitrogens is 2. The molecule has 1 aliphatic rings. The van der Waals surface area contributed by atoms with E-state index in [0.717, 1.165) is 17.3 Å². The fourth-order valence-corrected chi connectivity index (χ4v) is 2.94. The first-order valence-corrected chi connectivity index (χ1v) is 8.23. The molecule has 7 nitrogen and oxygen atoms in total. The van der Waals surface area contributed by atoms with Crippen molar-refractivity contribution >= 4 is 22.7 Å². The van der Waals surface area contributed by atoms with Crippen LogP contribution in [0.25, 0.3) is 10.9 Å². The molecule has 0 saturated carbocycles. The highest BCUT2D eigenvalue weighted by atomic mass is 16.3. The molecule has 0 bridgehead atoms. The number of para-hydroxylation sites is 1. The summed E-state index contributed by atoms with van der Waals surface area (Å²) in [6, 6.07) is 7.40. The van der Waals surface area contributed by atoms with E-state index < -0.39 is 6.10 Å². The highest BCUT2D eigenvalue weighted by molar-refractivity contribution is 6.04. The molecule has 7 heteroatoms. The number of amides is 2. The fraction of sp³-hybridized carbons (Fsp3) is 0.471. The molecule has 2 atom stereocenters. The minimum atomic E-state index is -0.465. The quantitative estimate of drug-likeness (QED) is 0.776. The number of H-pyrrole nitrogens is 1. The van der Waals surface area contributed by atoms with Crippen molar-refractivity contribution in [1.82, 2.24) is 20.4 Å². The van der Waals surface area contributed by atoms with E-state index in [1.165, 1.54) is 0 Å². The monoisotopic (exact) mass is 330 g/mol. The normalized spacial score (nSPS) is 21.0. The third-order valence-corrected chi connectivity index (χ3v) is 4.58. The van der Waals surface area contributed by atoms with Crippen LogP contribution in [0.3, 0.4) is 0 Å². The summed E-state index contributed by atoms with van der Waals surface area (Å²) in [6.07, 6.45) is 0.556. The van der Waals surface area contributed by atoms with Crippen LogP contribution in [-0.2, 0) is 4.79 Å². The third kappa shape index (κ3) is 3.41. The standard InChI is InChI=1S/C17H22N4O3/c1-11-7-9-21(10-14(11)22)15(23)6-8-18-17(24)16-12-4-2-3-5-13(12)19-20-16/h2-5,11,14,22H,6-10H2,1H3,(H,18,24)(H,19,20). The van der Waals surface area contributed by atoms with Gasteiger partial charge in [-0.2, -0.15) is 5.10 Å². The van der Waals surface area contributed by atoms with Crippen LogP contribution in [0.4, 0.5) is 0 Å². The van der Waals surface area contributed by atoms with Gasteiger partial charge in [-0.3, -0.25) is 14.7 Å². The average Bonchev–Trinajstić information content (AvgIpc) is 3.01. The van der Waals surface area contributed by atoms with Gasteiger partial charge >= 0.3 is 0 Å². The topological polar surface area (TPSA) is 98.3 Å². The first-order chi connectivity index (χ1) is 11.6. The Labute approximate surface area is 140 Å². The highest BCUT2D eigenvalue weighted by Crippen LogP contribution is 2.17. The number of nitrogens with zero attached hydrogens (tertiary/aromatic N) is 2. The number of carbonyl (C=O) groups excluding carboxylic acids is 2. The van der Waals surface area contributed by atoms with E-state index in [9.17, 15) is 14.7 Å². The summed E-state index contributed by atoms with van der Waals surface area (Å²) in [5.41, 5.74) is 1.13. The Morgan fingerprint density at radius 2 is 2.21 bits per heavy atom. The first kappa shape index (κ1) is 16.4. The molecule has 2 unspecified atom stereocenters. The molecule has 0 spiro atoms. The maximum absolute atomic E-state index is 12.2. The van der Waals surface area contributed by atoms with Crippen molar-refractivity contribution in [1.29, 1.82) is 0 Å². The molecular weight excluding hydrogens is 308 g/mol. The number of nitrogens with one attached hydrogen (secondary N) is 2. The van der Waals surface area contributed by atoms with Gasteiger partial charge in [-0.1, -0.05) is 25.1 Å². The second kappa shape index (κ2) is 7.00. The van der Waals surface area contributed by atoms with Gasteiger partial charge in [0.25, 0.3) is 5.91 Å². The Balaban J connectivity index is 1.51. The summed E-state index contributed by atoms with van der Waals surface area (Å²) < 4.78 is 0. The average molecular weight is 330 g/mol. The van der Waals surface area contributed by atoms with Gasteiger partial charge in [0.05, 0.1) is 11.6 Å². The molecule has 2 amide bonds. The molecule has 1 fully saturated rings. The minimum Gasteiger partial charge on any atom is -0.391 e. The number of hydrogen-bond acceptors (Lipinski definition) is 4. The van der Waals surface area contributed by atoms with Crippen molar-refractivity contribution in [3.05, 3.63) is 30.0 Å². The second-order valence-electron chi connectivity index (χ2n) is 6.30. The molecule has 1 aromatic carbocycles. The maximum atomic E-state index is 12.2. The zero-order valence-corrected chi connectivity index (χ0v) is 13.7. The van der Waals surface area contributed by atoms with Gasteiger partial charge in [0.15, 0.2) is 5.69 Å². The van der Waals surface area contributed by atoms with E-state index in [1.807, 2.05) is 31.2 Å². The lowest BCUT2D eigenvalue weighted by molar-refractivity contribution is -0.135. The first-order valence-electron chi connectivity index (χ1n) is 8.23. The number of fused-ring (bicyclic) bond motifs is 1. The number of carbonyl (C=O) groups is 2. The van der Waals surface area contributed by atoms with Gasteiger partial charge in [0.1, 0.15) is 0 Å². The molecule has 3 rings (SSSR count). The zero-order chi connectivity index (χ0) is 17.1. The van der Waals surface area contributed by atoms with Crippen LogP contribution >= 0.6 is 0 Å². The number of aliphatic hydroxyl groups excluding tert-OH is 1. The van der Waals surface area contributed by atoms with Crippen LogP contribution in [-0.4, -0.2) is 57.8 Å². The van der Waals surface area contributed by atoms with E-state index >= 15 is 0 Å². The number of rotatable bonds is 4. The summed E-state index contributed by atoms with van der Waals surface area (Å²) in [4.78, 5) is 26.1. The van der Waals surface area contributed by atoms with Crippen LogP contribution in [0.5, 0.6) is 0 Å². The summed E-state index contributed by atoms with van der Waals surface area (Å²) in [5.74, 6) is -0.123. The number of aromatic amines is 1. The summed E-state index contributed by atoms with van der Waals surface area (Å²) in [6.45, 7) is 3.27. The van der Waals surface area contributed by atoms with Gasteiger partial charge in [-0.05, 0) is 18.4 Å². The van der Waals surface area contributed by atoms with Crippen LogP contribution in [0.2, 0.25) is 0 Å². The smallest absolute Gasteiger partial charge is 0.272 e. The SMILES string of the molecule is CC1CCN(C(=O)CCNC(=O)c2n[nH]c3ccccc23)CC1O. The van der Waals surface area contributed by atoms with E-state index in [1.54, 1.807) is 4.90 Å². The Bertz CT molecular complexity index is 742. The van der Waals surface area contributed by atoms with E-state index in [0.29, 0.717) is 18.8 Å². The van der Waals surface area contributed by atoms with Crippen molar-refractivity contribution in [2.45, 2.75) is 25.9 Å². The fourth-order valence-electron chi connectivity index (χ4n) is 2.94. The largest absolute Gasteiger partial charge is 0.391 e. The lowest BCUT2D eigenvalue weighted by atomic mass is 9.96. The van der Waals surface area contributed by atoms with Crippen molar-refractivity contribution in [3.63, 3.8) is 0 Å². The predicted molar refractivity (Wildman–Crippen MR) is 89.4 cm³/mol. The second-order valence-corrected chi connectivity index (χ2v) is 6.30. The number of piperidine rings is 1. The molecule has 128 valence electrons.